The van der Waals surface area contributed by atoms with Crippen LogP contribution in [0.15, 0.2) is 45.6 Å². The normalized spacial score (nSPS) is 12.5. The van der Waals surface area contributed by atoms with Gasteiger partial charge >= 0.3 is 0 Å². The molecule has 24 heavy (non-hydrogen) atoms. The van der Waals surface area contributed by atoms with Crippen molar-refractivity contribution in [2.75, 3.05) is 6.79 Å². The molecule has 1 aliphatic rings. The van der Waals surface area contributed by atoms with Crippen LogP contribution in [0.5, 0.6) is 23.0 Å². The Labute approximate surface area is 134 Å². The lowest BCUT2D eigenvalue weighted by Gasteiger charge is -2.06. The number of ether oxygens (including phenoxy) is 2. The third kappa shape index (κ3) is 2.14. The number of phenols is 2. The van der Waals surface area contributed by atoms with Crippen LogP contribution in [0.3, 0.4) is 0 Å². The van der Waals surface area contributed by atoms with Gasteiger partial charge in [0.2, 0.25) is 12.6 Å². The summed E-state index contributed by atoms with van der Waals surface area (Å²) in [6.07, 6.45) is 0. The van der Waals surface area contributed by atoms with Gasteiger partial charge in [0.15, 0.2) is 22.7 Å². The Morgan fingerprint density at radius 2 is 1.75 bits per heavy atom. The van der Waals surface area contributed by atoms with Crippen LogP contribution in [0.4, 0.5) is 0 Å². The standard InChI is InChI=1S/C17H10O7/c18-8-1-2-13-9(3-8)11(19)6-16(24-13)17(21)10-4-14-15(5-12(10)20)23-7-22-14/h1-6,18,20H,7H2. The predicted octanol–water partition coefficient (Wildman–Crippen LogP) is 2.16. The van der Waals surface area contributed by atoms with E-state index in [9.17, 15) is 19.8 Å². The smallest absolute Gasteiger partial charge is 0.232 e. The SMILES string of the molecule is O=C(c1cc(=O)c2cc(O)ccc2o1)c1cc2c(cc1O)OCO2. The summed E-state index contributed by atoms with van der Waals surface area (Å²) < 4.78 is 15.7. The molecule has 0 bridgehead atoms. The zero-order valence-corrected chi connectivity index (χ0v) is 12.1. The molecule has 0 atom stereocenters. The first-order valence-corrected chi connectivity index (χ1v) is 6.97. The van der Waals surface area contributed by atoms with Crippen molar-refractivity contribution in [3.05, 3.63) is 57.9 Å². The van der Waals surface area contributed by atoms with Gasteiger partial charge in [0.05, 0.1) is 10.9 Å². The van der Waals surface area contributed by atoms with Gasteiger partial charge in [-0.2, -0.15) is 0 Å². The largest absolute Gasteiger partial charge is 0.508 e. The van der Waals surface area contributed by atoms with Crippen molar-refractivity contribution < 1.29 is 28.9 Å². The lowest BCUT2D eigenvalue weighted by molar-refractivity contribution is 0.101. The number of benzene rings is 2. The van der Waals surface area contributed by atoms with Crippen molar-refractivity contribution in [1.82, 2.24) is 0 Å². The minimum atomic E-state index is -0.669. The Bertz CT molecular complexity index is 1050. The van der Waals surface area contributed by atoms with E-state index in [1.165, 1.54) is 30.3 Å². The molecule has 2 heterocycles. The Kier molecular flexibility index (Phi) is 2.96. The molecule has 2 aromatic carbocycles. The number of fused-ring (bicyclic) bond motifs is 2. The average Bonchev–Trinajstić information content (AvgIpc) is 3.01. The minimum Gasteiger partial charge on any atom is -0.508 e. The van der Waals surface area contributed by atoms with Crippen LogP contribution in [0, 0.1) is 0 Å². The highest BCUT2D eigenvalue weighted by Gasteiger charge is 2.23. The fourth-order valence-electron chi connectivity index (χ4n) is 2.50. The second-order valence-corrected chi connectivity index (χ2v) is 5.21. The van der Waals surface area contributed by atoms with Crippen molar-refractivity contribution in [2.45, 2.75) is 0 Å². The third-order valence-corrected chi connectivity index (χ3v) is 3.67. The van der Waals surface area contributed by atoms with Gasteiger partial charge in [-0.15, -0.1) is 0 Å². The van der Waals surface area contributed by atoms with E-state index in [2.05, 4.69) is 0 Å². The number of phenolic OH excluding ortho intramolecular Hbond substituents is 2. The number of rotatable bonds is 2. The maximum Gasteiger partial charge on any atom is 0.232 e. The van der Waals surface area contributed by atoms with Gasteiger partial charge in [0, 0.05) is 12.1 Å². The summed E-state index contributed by atoms with van der Waals surface area (Å²) >= 11 is 0. The van der Waals surface area contributed by atoms with Crippen molar-refractivity contribution >= 4 is 16.8 Å². The van der Waals surface area contributed by atoms with Crippen LogP contribution in [-0.4, -0.2) is 22.8 Å². The van der Waals surface area contributed by atoms with Crippen molar-refractivity contribution in [3.63, 3.8) is 0 Å². The van der Waals surface area contributed by atoms with E-state index in [0.29, 0.717) is 11.5 Å². The van der Waals surface area contributed by atoms with E-state index in [1.54, 1.807) is 0 Å². The first-order chi connectivity index (χ1) is 11.5. The topological polar surface area (TPSA) is 106 Å². The molecule has 0 fully saturated rings. The van der Waals surface area contributed by atoms with Gasteiger partial charge in [-0.25, -0.2) is 0 Å². The Hall–Kier alpha value is -3.48. The molecule has 0 amide bonds. The van der Waals surface area contributed by atoms with Gasteiger partial charge in [-0.05, 0) is 24.3 Å². The molecule has 1 aliphatic heterocycles. The molecule has 4 rings (SSSR count). The lowest BCUT2D eigenvalue weighted by atomic mass is 10.1. The summed E-state index contributed by atoms with van der Waals surface area (Å²) in [5.74, 6) is -0.631. The zero-order chi connectivity index (χ0) is 16.8. The summed E-state index contributed by atoms with van der Waals surface area (Å²) in [7, 11) is 0. The monoisotopic (exact) mass is 326 g/mol. The fraction of sp³-hybridized carbons (Fsp3) is 0.0588. The second-order valence-electron chi connectivity index (χ2n) is 5.21. The highest BCUT2D eigenvalue weighted by molar-refractivity contribution is 6.09. The van der Waals surface area contributed by atoms with E-state index in [0.717, 1.165) is 6.07 Å². The molecule has 7 nitrogen and oxygen atoms in total. The summed E-state index contributed by atoms with van der Waals surface area (Å²) in [6.45, 7) is 0.000960. The average molecular weight is 326 g/mol. The van der Waals surface area contributed by atoms with E-state index in [1.807, 2.05) is 0 Å². The van der Waals surface area contributed by atoms with E-state index in [4.69, 9.17) is 13.9 Å². The van der Waals surface area contributed by atoms with Crippen LogP contribution in [0.1, 0.15) is 16.1 Å². The quantitative estimate of drug-likeness (QED) is 0.695. The number of carbonyl (C=O) groups is 1. The molecular weight excluding hydrogens is 316 g/mol. The predicted molar refractivity (Wildman–Crippen MR) is 81.8 cm³/mol. The molecule has 3 aromatic rings. The fourth-order valence-corrected chi connectivity index (χ4v) is 2.50. The second kappa shape index (κ2) is 5.02. The van der Waals surface area contributed by atoms with E-state index < -0.39 is 11.2 Å². The first-order valence-electron chi connectivity index (χ1n) is 6.97. The van der Waals surface area contributed by atoms with E-state index >= 15 is 0 Å². The van der Waals surface area contributed by atoms with Crippen LogP contribution in [-0.2, 0) is 0 Å². The third-order valence-electron chi connectivity index (χ3n) is 3.67. The maximum atomic E-state index is 12.6. The van der Waals surface area contributed by atoms with Gasteiger partial charge in [-0.1, -0.05) is 0 Å². The molecule has 2 N–H and O–H groups in total. The first kappa shape index (κ1) is 14.1. The maximum absolute atomic E-state index is 12.6. The molecule has 0 spiro atoms. The Balaban J connectivity index is 1.84. The molecule has 0 aliphatic carbocycles. The molecule has 1 aromatic heterocycles. The van der Waals surface area contributed by atoms with Crippen molar-refractivity contribution in [2.24, 2.45) is 0 Å². The molecule has 7 heteroatoms. The highest BCUT2D eigenvalue weighted by Crippen LogP contribution is 2.38. The number of ketones is 1. The molecule has 0 radical (unpaired) electrons. The number of hydrogen-bond donors (Lipinski definition) is 2. The highest BCUT2D eigenvalue weighted by atomic mass is 16.7. The van der Waals surface area contributed by atoms with Crippen LogP contribution >= 0.6 is 0 Å². The van der Waals surface area contributed by atoms with Crippen molar-refractivity contribution in [3.8, 4) is 23.0 Å². The molecule has 0 saturated heterocycles. The molecule has 0 unspecified atom stereocenters. The van der Waals surface area contributed by atoms with Gasteiger partial charge in [0.25, 0.3) is 0 Å². The number of aromatic hydroxyl groups is 2. The zero-order valence-electron chi connectivity index (χ0n) is 12.1. The summed E-state index contributed by atoms with van der Waals surface area (Å²) in [4.78, 5) is 24.7. The van der Waals surface area contributed by atoms with Crippen LogP contribution in [0.2, 0.25) is 0 Å². The molecule has 120 valence electrons. The molecular formula is C17H10O7. The summed E-state index contributed by atoms with van der Waals surface area (Å²) in [5.41, 5.74) is -0.389. The van der Waals surface area contributed by atoms with Crippen LogP contribution in [0.25, 0.3) is 11.0 Å². The van der Waals surface area contributed by atoms with Gasteiger partial charge in [0.1, 0.15) is 17.1 Å². The summed E-state index contributed by atoms with van der Waals surface area (Å²) in [6, 6.07) is 7.62. The van der Waals surface area contributed by atoms with Gasteiger partial charge in [-0.3, -0.25) is 9.59 Å². The Morgan fingerprint density at radius 1 is 1.00 bits per heavy atom. The minimum absolute atomic E-state index is 0.000960. The number of carbonyl (C=O) groups excluding carboxylic acids is 1. The lowest BCUT2D eigenvalue weighted by Crippen LogP contribution is -2.08. The van der Waals surface area contributed by atoms with Gasteiger partial charge < -0.3 is 24.1 Å². The summed E-state index contributed by atoms with van der Waals surface area (Å²) in [5, 5.41) is 19.6. The van der Waals surface area contributed by atoms with Crippen molar-refractivity contribution in [1.29, 1.82) is 0 Å². The van der Waals surface area contributed by atoms with E-state index in [-0.39, 0.29) is 40.6 Å². The molecule has 0 saturated carbocycles. The van der Waals surface area contributed by atoms with Crippen LogP contribution < -0.4 is 14.9 Å². The number of hydrogen-bond acceptors (Lipinski definition) is 7. The Morgan fingerprint density at radius 3 is 2.54 bits per heavy atom.